The average molecular weight is 369 g/mol. The van der Waals surface area contributed by atoms with Crippen molar-refractivity contribution >= 4 is 11.1 Å². The van der Waals surface area contributed by atoms with Gasteiger partial charge in [0, 0.05) is 23.5 Å². The minimum atomic E-state index is -0.396. The highest BCUT2D eigenvalue weighted by Gasteiger charge is 2.17. The first kappa shape index (κ1) is 16.4. The van der Waals surface area contributed by atoms with Crippen LogP contribution < -0.4 is 4.74 Å². The third-order valence-corrected chi connectivity index (χ3v) is 4.70. The Hall–Kier alpha value is -3.73. The molecule has 2 aromatic carbocycles. The maximum absolute atomic E-state index is 14.3. The van der Waals surface area contributed by atoms with Gasteiger partial charge in [-0.25, -0.2) is 9.37 Å². The maximum atomic E-state index is 14.3. The molecule has 0 saturated heterocycles. The summed E-state index contributed by atoms with van der Waals surface area (Å²) in [6.45, 7) is 0.302. The van der Waals surface area contributed by atoms with Crippen LogP contribution >= 0.6 is 0 Å². The Morgan fingerprint density at radius 3 is 2.71 bits per heavy atom. The Labute approximate surface area is 161 Å². The van der Waals surface area contributed by atoms with Gasteiger partial charge in [-0.3, -0.25) is 9.38 Å². The van der Waals surface area contributed by atoms with Gasteiger partial charge in [-0.1, -0.05) is 48.6 Å². The molecule has 0 aliphatic heterocycles. The van der Waals surface area contributed by atoms with Crippen LogP contribution in [0.5, 0.6) is 5.75 Å². The molecule has 0 atom stereocenters. The molecule has 136 valence electrons. The van der Waals surface area contributed by atoms with Crippen LogP contribution in [-0.2, 0) is 6.61 Å². The van der Waals surface area contributed by atoms with Crippen molar-refractivity contribution < 1.29 is 9.13 Å². The Balaban J connectivity index is 1.53. The Morgan fingerprint density at radius 2 is 1.93 bits per heavy atom. The first-order valence-electron chi connectivity index (χ1n) is 8.97. The highest BCUT2D eigenvalue weighted by atomic mass is 19.1. The second-order valence-corrected chi connectivity index (χ2v) is 6.52. The fourth-order valence-corrected chi connectivity index (χ4v) is 3.19. The van der Waals surface area contributed by atoms with Crippen molar-refractivity contribution in [1.29, 1.82) is 0 Å². The zero-order chi connectivity index (χ0) is 18.9. The topological polar surface area (TPSA) is 39.4 Å². The standard InChI is InChI=1S/C23H16FN3O/c24-19-10-9-18(13-21(19)28-15-16-5-2-1-3-6-16)23-26-22(17-7-4-8-17)20-14-25-11-12-27(20)23/h1-14H,15H2. The van der Waals surface area contributed by atoms with Crippen LogP contribution in [0.2, 0.25) is 0 Å². The van der Waals surface area contributed by atoms with Gasteiger partial charge in [-0.05, 0) is 23.8 Å². The van der Waals surface area contributed by atoms with E-state index in [9.17, 15) is 4.39 Å². The fraction of sp³-hybridized carbons (Fsp3) is 0.0435. The average Bonchev–Trinajstić information content (AvgIpc) is 3.06. The molecule has 1 aliphatic rings. The Bertz CT molecular complexity index is 1230. The van der Waals surface area contributed by atoms with Gasteiger partial charge >= 0.3 is 0 Å². The number of nitrogens with zero attached hydrogens (tertiary/aromatic N) is 3. The summed E-state index contributed by atoms with van der Waals surface area (Å²) in [7, 11) is 0. The van der Waals surface area contributed by atoms with Gasteiger partial charge in [0.2, 0.25) is 0 Å². The summed E-state index contributed by atoms with van der Waals surface area (Å²) >= 11 is 0. The molecule has 5 heteroatoms. The number of aromatic nitrogens is 3. The van der Waals surface area contributed by atoms with Crippen LogP contribution in [0, 0.1) is 5.82 Å². The molecule has 1 aliphatic carbocycles. The van der Waals surface area contributed by atoms with Crippen LogP contribution in [0.4, 0.5) is 4.39 Å². The predicted octanol–water partition coefficient (Wildman–Crippen LogP) is 5.07. The number of fused-ring (bicyclic) bond motifs is 1. The van der Waals surface area contributed by atoms with Gasteiger partial charge in [-0.2, -0.15) is 0 Å². The molecule has 0 fully saturated rings. The van der Waals surface area contributed by atoms with E-state index in [0.717, 1.165) is 33.7 Å². The lowest BCUT2D eigenvalue weighted by molar-refractivity contribution is 0.290. The Kier molecular flexibility index (Phi) is 3.98. The van der Waals surface area contributed by atoms with Gasteiger partial charge in [0.15, 0.2) is 11.6 Å². The van der Waals surface area contributed by atoms with Gasteiger partial charge in [0.1, 0.15) is 12.4 Å². The van der Waals surface area contributed by atoms with E-state index in [-0.39, 0.29) is 5.75 Å². The number of hydrogen-bond donors (Lipinski definition) is 0. The number of hydrogen-bond acceptors (Lipinski definition) is 3. The van der Waals surface area contributed by atoms with Crippen molar-refractivity contribution in [2.45, 2.75) is 6.61 Å². The van der Waals surface area contributed by atoms with Crippen molar-refractivity contribution in [3.05, 3.63) is 102 Å². The van der Waals surface area contributed by atoms with Gasteiger partial charge in [-0.15, -0.1) is 0 Å². The van der Waals surface area contributed by atoms with Crippen molar-refractivity contribution in [3.63, 3.8) is 0 Å². The summed E-state index contributed by atoms with van der Waals surface area (Å²) in [6, 6.07) is 14.5. The molecular formula is C23H16FN3O. The summed E-state index contributed by atoms with van der Waals surface area (Å²) in [4.78, 5) is 9.02. The predicted molar refractivity (Wildman–Crippen MR) is 106 cm³/mol. The minimum Gasteiger partial charge on any atom is -0.486 e. The number of halogens is 1. The molecule has 0 N–H and O–H groups in total. The van der Waals surface area contributed by atoms with Crippen LogP contribution in [0.15, 0.2) is 85.3 Å². The largest absolute Gasteiger partial charge is 0.486 e. The minimum absolute atomic E-state index is 0.205. The van der Waals surface area contributed by atoms with E-state index >= 15 is 0 Å². The van der Waals surface area contributed by atoms with E-state index in [1.807, 2.05) is 59.2 Å². The first-order valence-corrected chi connectivity index (χ1v) is 8.97. The number of rotatable bonds is 5. The molecule has 0 unspecified atom stereocenters. The lowest BCUT2D eigenvalue weighted by atomic mass is 10.1. The molecule has 0 radical (unpaired) electrons. The van der Waals surface area contributed by atoms with Gasteiger partial charge in [0.05, 0.1) is 17.4 Å². The highest BCUT2D eigenvalue weighted by Crippen LogP contribution is 2.32. The van der Waals surface area contributed by atoms with E-state index in [1.54, 1.807) is 24.5 Å². The van der Waals surface area contributed by atoms with E-state index in [1.165, 1.54) is 6.07 Å². The van der Waals surface area contributed by atoms with Crippen molar-refractivity contribution in [2.24, 2.45) is 0 Å². The molecule has 5 rings (SSSR count). The number of allylic oxidation sites excluding steroid dienone is 4. The van der Waals surface area contributed by atoms with Crippen molar-refractivity contribution in [2.75, 3.05) is 0 Å². The maximum Gasteiger partial charge on any atom is 0.165 e. The molecule has 28 heavy (non-hydrogen) atoms. The molecule has 0 saturated carbocycles. The van der Waals surface area contributed by atoms with Crippen molar-refractivity contribution in [1.82, 2.24) is 14.4 Å². The second-order valence-electron chi connectivity index (χ2n) is 6.52. The third kappa shape index (κ3) is 2.87. The molecule has 4 nitrogen and oxygen atoms in total. The monoisotopic (exact) mass is 369 g/mol. The SMILES string of the molecule is Fc1ccc(-c2nc(C3=CC=C3)c3cnccn23)cc1OCc1ccccc1. The summed E-state index contributed by atoms with van der Waals surface area (Å²) < 4.78 is 22.0. The van der Waals surface area contributed by atoms with Crippen molar-refractivity contribution in [3.8, 4) is 17.1 Å². The number of ether oxygens (including phenoxy) is 1. The summed E-state index contributed by atoms with van der Waals surface area (Å²) in [5.74, 6) is 0.529. The molecule has 2 heterocycles. The fourth-order valence-electron chi connectivity index (χ4n) is 3.19. The molecule has 0 bridgehead atoms. The lowest BCUT2D eigenvalue weighted by Gasteiger charge is -2.09. The number of imidazole rings is 1. The molecule has 2 aromatic heterocycles. The van der Waals surface area contributed by atoms with Crippen LogP contribution in [0.25, 0.3) is 22.5 Å². The summed E-state index contributed by atoms with van der Waals surface area (Å²) in [5, 5.41) is 0. The van der Waals surface area contributed by atoms with Gasteiger partial charge < -0.3 is 4.74 Å². The quantitative estimate of drug-likeness (QED) is 0.493. The van der Waals surface area contributed by atoms with E-state index < -0.39 is 5.82 Å². The molecule has 0 spiro atoms. The number of benzene rings is 2. The zero-order valence-electron chi connectivity index (χ0n) is 14.9. The second kappa shape index (κ2) is 6.78. The third-order valence-electron chi connectivity index (χ3n) is 4.70. The van der Waals surface area contributed by atoms with Crippen LogP contribution in [0.1, 0.15) is 11.3 Å². The van der Waals surface area contributed by atoms with Crippen LogP contribution in [-0.4, -0.2) is 14.4 Å². The van der Waals surface area contributed by atoms with Crippen LogP contribution in [0.3, 0.4) is 0 Å². The van der Waals surface area contributed by atoms with E-state index in [0.29, 0.717) is 6.61 Å². The molecule has 4 aromatic rings. The summed E-state index contributed by atoms with van der Waals surface area (Å²) in [5.41, 5.74) is 4.58. The van der Waals surface area contributed by atoms with Gasteiger partial charge in [0.25, 0.3) is 0 Å². The van der Waals surface area contributed by atoms with E-state index in [2.05, 4.69) is 4.98 Å². The summed E-state index contributed by atoms with van der Waals surface area (Å²) in [6.07, 6.45) is 11.4. The Morgan fingerprint density at radius 1 is 1.07 bits per heavy atom. The zero-order valence-corrected chi connectivity index (χ0v) is 14.9. The highest BCUT2D eigenvalue weighted by molar-refractivity contribution is 5.88. The molecule has 0 amide bonds. The normalized spacial score (nSPS) is 12.7. The lowest BCUT2D eigenvalue weighted by Crippen LogP contribution is -1.98. The van der Waals surface area contributed by atoms with E-state index in [4.69, 9.17) is 9.72 Å². The smallest absolute Gasteiger partial charge is 0.165 e. The molecular weight excluding hydrogens is 353 g/mol. The first-order chi connectivity index (χ1) is 13.8.